The molecule has 0 aromatic carbocycles. The number of likely N-dealkylation sites (N-methyl/N-ethyl adjacent to an activating group) is 1. The van der Waals surface area contributed by atoms with Crippen molar-refractivity contribution in [1.82, 2.24) is 38.8 Å². The fraction of sp³-hybridized carbons (Fsp3) is 0.481. The molecule has 2 bridgehead atoms. The van der Waals surface area contributed by atoms with Crippen molar-refractivity contribution in [2.75, 3.05) is 20.3 Å². The normalized spacial score (nSPS) is 19.9. The van der Waals surface area contributed by atoms with Gasteiger partial charge in [0.25, 0.3) is 0 Å². The molecular formula is C27H36N8O3. The van der Waals surface area contributed by atoms with Gasteiger partial charge in [0.1, 0.15) is 11.9 Å². The summed E-state index contributed by atoms with van der Waals surface area (Å²) in [5, 5.41) is 19.4. The van der Waals surface area contributed by atoms with E-state index in [4.69, 9.17) is 19.6 Å². The van der Waals surface area contributed by atoms with Gasteiger partial charge in [-0.05, 0) is 53.8 Å². The van der Waals surface area contributed by atoms with Crippen molar-refractivity contribution >= 4 is 17.7 Å². The van der Waals surface area contributed by atoms with E-state index in [1.165, 1.54) is 0 Å². The molecule has 1 N–H and O–H groups in total. The minimum Gasteiger partial charge on any atom is -0.476 e. The van der Waals surface area contributed by atoms with Gasteiger partial charge in [-0.1, -0.05) is 0 Å². The third-order valence-corrected chi connectivity index (χ3v) is 7.32. The Morgan fingerprint density at radius 3 is 2.66 bits per heavy atom. The van der Waals surface area contributed by atoms with E-state index in [0.717, 1.165) is 39.5 Å². The average molecular weight is 521 g/mol. The highest BCUT2D eigenvalue weighted by atomic mass is 16.5. The van der Waals surface area contributed by atoms with Gasteiger partial charge in [0.2, 0.25) is 11.8 Å². The van der Waals surface area contributed by atoms with Crippen LogP contribution in [-0.4, -0.2) is 76.3 Å². The Morgan fingerprint density at radius 1 is 1.16 bits per heavy atom. The van der Waals surface area contributed by atoms with Crippen LogP contribution in [0.15, 0.2) is 18.6 Å². The number of ether oxygens (including phenoxy) is 2. The lowest BCUT2D eigenvalue weighted by Gasteiger charge is -2.31. The molecule has 11 nitrogen and oxygen atoms in total. The lowest BCUT2D eigenvalue weighted by molar-refractivity contribution is 0.0914. The smallest absolute Gasteiger partial charge is 0.240 e. The van der Waals surface area contributed by atoms with E-state index in [0.29, 0.717) is 24.9 Å². The molecule has 0 aliphatic carbocycles. The Kier molecular flexibility index (Phi) is 6.97. The highest BCUT2D eigenvalue weighted by Gasteiger charge is 2.28. The lowest BCUT2D eigenvalue weighted by Crippen LogP contribution is -2.41. The first-order chi connectivity index (χ1) is 18.2. The highest BCUT2D eigenvalue weighted by molar-refractivity contribution is 5.73. The van der Waals surface area contributed by atoms with Crippen LogP contribution in [0.5, 0.6) is 11.8 Å². The summed E-state index contributed by atoms with van der Waals surface area (Å²) in [5.74, 6) is 1.95. The van der Waals surface area contributed by atoms with Crippen molar-refractivity contribution in [3.05, 3.63) is 41.4 Å². The zero-order chi connectivity index (χ0) is 27.1. The van der Waals surface area contributed by atoms with Gasteiger partial charge in [-0.25, -0.2) is 9.67 Å². The Balaban J connectivity index is 1.74. The topological polar surface area (TPSA) is 108 Å². The number of hydrogen-bond acceptors (Lipinski definition) is 8. The first kappa shape index (κ1) is 25.9. The van der Waals surface area contributed by atoms with Crippen molar-refractivity contribution in [1.29, 1.82) is 0 Å². The summed E-state index contributed by atoms with van der Waals surface area (Å²) in [7, 11) is 3.96. The summed E-state index contributed by atoms with van der Waals surface area (Å²) < 4.78 is 18.2. The highest BCUT2D eigenvalue weighted by Crippen LogP contribution is 2.34. The fourth-order valence-corrected chi connectivity index (χ4v) is 4.88. The second kappa shape index (κ2) is 10.2. The van der Waals surface area contributed by atoms with E-state index in [1.807, 2.05) is 61.4 Å². The number of hydrogen-bond donors (Lipinski definition) is 1. The van der Waals surface area contributed by atoms with Crippen molar-refractivity contribution in [2.45, 2.75) is 59.4 Å². The number of aliphatic hydroxyl groups excluding tert-OH is 1. The number of aryl methyl sites for hydroxylation is 2. The molecule has 0 spiro atoms. The number of aromatic nitrogens is 7. The summed E-state index contributed by atoms with van der Waals surface area (Å²) in [5.41, 5.74) is 5.15. The van der Waals surface area contributed by atoms with Crippen LogP contribution in [0.4, 0.5) is 0 Å². The molecule has 0 radical (unpaired) electrons. The van der Waals surface area contributed by atoms with Crippen LogP contribution in [0.3, 0.4) is 0 Å². The predicted molar refractivity (Wildman–Crippen MR) is 145 cm³/mol. The standard InChI is InChI=1S/C27H36N8O3/c1-8-37-26-21-9-10-24-29-12-20-11-28-22(13-34(20)24)25-17(3)30-33(7)27(25)38-19(5)18(4)32(6)14-23(21)35(31-26)16(2)15-36/h9-13,16,18-19,36H,8,14-15H2,1-7H3/b10-9+/t16-,18+,19-/m0/s1. The Hall–Kier alpha value is -3.70. The van der Waals surface area contributed by atoms with E-state index in [-0.39, 0.29) is 24.8 Å². The summed E-state index contributed by atoms with van der Waals surface area (Å²) in [6, 6.07) is -0.180. The largest absolute Gasteiger partial charge is 0.476 e. The molecule has 4 aromatic heterocycles. The zero-order valence-corrected chi connectivity index (χ0v) is 23.1. The second-order valence-corrected chi connectivity index (χ2v) is 9.96. The first-order valence-electron chi connectivity index (χ1n) is 13.0. The lowest BCUT2D eigenvalue weighted by atomic mass is 10.1. The number of fused-ring (bicyclic) bond motifs is 4. The molecule has 5 rings (SSSR count). The van der Waals surface area contributed by atoms with Gasteiger partial charge < -0.3 is 14.6 Å². The van der Waals surface area contributed by atoms with Crippen LogP contribution in [0.2, 0.25) is 0 Å². The average Bonchev–Trinajstić information content (AvgIpc) is 3.54. The van der Waals surface area contributed by atoms with Gasteiger partial charge in [-0.3, -0.25) is 19.0 Å². The summed E-state index contributed by atoms with van der Waals surface area (Å²) in [6.45, 7) is 11.1. The maximum Gasteiger partial charge on any atom is 0.240 e. The summed E-state index contributed by atoms with van der Waals surface area (Å²) in [4.78, 5) is 11.6. The molecule has 0 saturated heterocycles. The molecule has 0 amide bonds. The quantitative estimate of drug-likeness (QED) is 0.437. The van der Waals surface area contributed by atoms with Crippen LogP contribution >= 0.6 is 0 Å². The molecule has 1 aliphatic rings. The van der Waals surface area contributed by atoms with Gasteiger partial charge in [-0.15, -0.1) is 5.10 Å². The van der Waals surface area contributed by atoms with Gasteiger partial charge in [0, 0.05) is 25.8 Å². The Labute approximate surface area is 222 Å². The Morgan fingerprint density at radius 2 is 1.92 bits per heavy atom. The molecule has 38 heavy (non-hydrogen) atoms. The van der Waals surface area contributed by atoms with Gasteiger partial charge in [-0.2, -0.15) is 5.10 Å². The minimum absolute atomic E-state index is 0.0362. The van der Waals surface area contributed by atoms with E-state index in [1.54, 1.807) is 10.9 Å². The van der Waals surface area contributed by atoms with Crippen LogP contribution in [0, 0.1) is 6.92 Å². The molecule has 5 heterocycles. The predicted octanol–water partition coefficient (Wildman–Crippen LogP) is 3.36. The first-order valence-corrected chi connectivity index (χ1v) is 13.0. The van der Waals surface area contributed by atoms with E-state index in [2.05, 4.69) is 35.9 Å². The van der Waals surface area contributed by atoms with E-state index < -0.39 is 0 Å². The molecule has 1 aliphatic heterocycles. The summed E-state index contributed by atoms with van der Waals surface area (Å²) in [6.07, 6.45) is 9.38. The summed E-state index contributed by atoms with van der Waals surface area (Å²) >= 11 is 0. The van der Waals surface area contributed by atoms with Crippen molar-refractivity contribution < 1.29 is 14.6 Å². The third kappa shape index (κ3) is 4.45. The second-order valence-electron chi connectivity index (χ2n) is 9.96. The molecule has 4 aromatic rings. The van der Waals surface area contributed by atoms with Crippen LogP contribution in [0.1, 0.15) is 56.5 Å². The van der Waals surface area contributed by atoms with Crippen molar-refractivity contribution in [2.24, 2.45) is 7.05 Å². The maximum atomic E-state index is 9.99. The molecule has 202 valence electrons. The Bertz CT molecular complexity index is 1480. The van der Waals surface area contributed by atoms with Gasteiger partial charge >= 0.3 is 0 Å². The van der Waals surface area contributed by atoms with Crippen LogP contribution in [0.25, 0.3) is 28.9 Å². The molecule has 11 heteroatoms. The number of imidazole rings is 1. The SMILES string of the molecule is CCOc1nn([C@@H](C)CO)c2c1/C=C/c1ncc3cnc(cn13)-c1c(C)nn(C)c1O[C@@H](C)[C@@H](C)N(C)C2. The molecule has 0 saturated carbocycles. The maximum absolute atomic E-state index is 9.99. The monoisotopic (exact) mass is 520 g/mol. The number of nitrogens with zero attached hydrogens (tertiary/aromatic N) is 8. The number of rotatable bonds is 4. The molecule has 0 fully saturated rings. The van der Waals surface area contributed by atoms with Crippen molar-refractivity contribution in [3.63, 3.8) is 0 Å². The molecule has 3 atom stereocenters. The molecule has 0 unspecified atom stereocenters. The minimum atomic E-state index is -0.216. The van der Waals surface area contributed by atoms with Crippen molar-refractivity contribution in [3.8, 4) is 23.0 Å². The third-order valence-electron chi connectivity index (χ3n) is 7.32. The zero-order valence-electron chi connectivity index (χ0n) is 23.1. The van der Waals surface area contributed by atoms with Gasteiger partial charge in [0.05, 0.1) is 65.4 Å². The van der Waals surface area contributed by atoms with E-state index >= 15 is 0 Å². The molecular weight excluding hydrogens is 484 g/mol. The van der Waals surface area contributed by atoms with E-state index in [9.17, 15) is 5.11 Å². The van der Waals surface area contributed by atoms with Crippen LogP contribution in [-0.2, 0) is 13.6 Å². The van der Waals surface area contributed by atoms with Crippen LogP contribution < -0.4 is 9.47 Å². The number of aliphatic hydroxyl groups is 1. The fourth-order valence-electron chi connectivity index (χ4n) is 4.88. The van der Waals surface area contributed by atoms with Gasteiger partial charge in [0.15, 0.2) is 0 Å².